The van der Waals surface area contributed by atoms with Crippen molar-refractivity contribution >= 4 is 22.7 Å². The molecule has 0 radical (unpaired) electrons. The number of benzene rings is 2. The van der Waals surface area contributed by atoms with Crippen LogP contribution in [0.15, 0.2) is 59.3 Å². The summed E-state index contributed by atoms with van der Waals surface area (Å²) in [7, 11) is 0. The summed E-state index contributed by atoms with van der Waals surface area (Å²) in [6, 6.07) is 22.4. The Bertz CT molecular complexity index is 896. The minimum atomic E-state index is -0.227. The van der Waals surface area contributed by atoms with E-state index in [1.54, 1.807) is 22.7 Å². The van der Waals surface area contributed by atoms with Crippen molar-refractivity contribution in [1.29, 1.82) is 0 Å². The second kappa shape index (κ2) is 7.96. The van der Waals surface area contributed by atoms with Crippen molar-refractivity contribution in [2.24, 2.45) is 0 Å². The normalized spacial score (nSPS) is 11.2. The van der Waals surface area contributed by atoms with Crippen LogP contribution in [0, 0.1) is 12.1 Å². The van der Waals surface area contributed by atoms with E-state index in [1.165, 1.54) is 0 Å². The molecule has 2 aromatic carbocycles. The van der Waals surface area contributed by atoms with E-state index < -0.39 is 0 Å². The first kappa shape index (κ1) is 19.2. The summed E-state index contributed by atoms with van der Waals surface area (Å²) in [4.78, 5) is 9.71. The summed E-state index contributed by atoms with van der Waals surface area (Å²) in [6.45, 7) is 4.36. The smallest absolute Gasteiger partial charge is 0.289 e. The van der Waals surface area contributed by atoms with Crippen LogP contribution in [-0.2, 0) is 26.5 Å². The van der Waals surface area contributed by atoms with Gasteiger partial charge in [0.1, 0.15) is 0 Å². The maximum Gasteiger partial charge on any atom is 2.00 e. The Balaban J connectivity index is 0.00000196. The zero-order chi connectivity index (χ0) is 17.3. The fraction of sp³-hybridized carbons (Fsp3) is 0.143. The average Bonchev–Trinajstić information content (AvgIpc) is 3.34. The second-order valence-corrected chi connectivity index (χ2v) is 7.97. The molecule has 0 aliphatic heterocycles. The summed E-state index contributed by atoms with van der Waals surface area (Å²) in [5.74, 6) is 0. The predicted octanol–water partition coefficient (Wildman–Crippen LogP) is 5.86. The first-order chi connectivity index (χ1) is 12.1. The molecule has 0 saturated heterocycles. The van der Waals surface area contributed by atoms with Crippen LogP contribution in [0.3, 0.4) is 0 Å². The quantitative estimate of drug-likeness (QED) is 0.295. The standard InChI is InChI=1S/C21H16N2S2.Pt/c1-21(2,19-22-17(13-24-19)15-9-5-3-6-10-15)20-23-18(14-25-20)16-11-7-4-8-12-16;/h3-9,11,13-14H,1-2H3;/q-2;+2. The van der Waals surface area contributed by atoms with Crippen LogP contribution in [0.1, 0.15) is 23.9 Å². The van der Waals surface area contributed by atoms with Crippen molar-refractivity contribution in [3.05, 3.63) is 81.4 Å². The number of thiazole rings is 2. The summed E-state index contributed by atoms with van der Waals surface area (Å²) in [6.07, 6.45) is 0. The molecule has 4 aromatic rings. The fourth-order valence-corrected chi connectivity index (χ4v) is 4.52. The number of hydrogen-bond donors (Lipinski definition) is 0. The van der Waals surface area contributed by atoms with Gasteiger partial charge in [0.25, 0.3) is 0 Å². The Morgan fingerprint density at radius 2 is 1.23 bits per heavy atom. The molecule has 5 heteroatoms. The van der Waals surface area contributed by atoms with Crippen LogP contribution in [-0.4, -0.2) is 9.97 Å². The van der Waals surface area contributed by atoms with Crippen molar-refractivity contribution in [2.75, 3.05) is 0 Å². The zero-order valence-electron chi connectivity index (χ0n) is 14.3. The number of aromatic nitrogens is 2. The molecule has 2 nitrogen and oxygen atoms in total. The molecule has 0 spiro atoms. The Hall–Kier alpha value is -1.61. The van der Waals surface area contributed by atoms with E-state index in [1.807, 2.05) is 48.5 Å². The minimum Gasteiger partial charge on any atom is -0.289 e. The van der Waals surface area contributed by atoms with E-state index >= 15 is 0 Å². The van der Waals surface area contributed by atoms with E-state index in [4.69, 9.17) is 9.97 Å². The fourth-order valence-electron chi connectivity index (χ4n) is 2.57. The van der Waals surface area contributed by atoms with Gasteiger partial charge in [-0.3, -0.25) is 9.97 Å². The third kappa shape index (κ3) is 3.73. The van der Waals surface area contributed by atoms with E-state index in [0.717, 1.165) is 32.5 Å². The molecule has 0 fully saturated rings. The molecular formula is C21H16N2PtS2. The van der Waals surface area contributed by atoms with Gasteiger partial charge in [0.05, 0.1) is 15.4 Å². The van der Waals surface area contributed by atoms with E-state index in [-0.39, 0.29) is 26.5 Å². The molecule has 0 atom stereocenters. The molecule has 2 heterocycles. The summed E-state index contributed by atoms with van der Waals surface area (Å²) < 4.78 is 0. The molecule has 132 valence electrons. The van der Waals surface area contributed by atoms with Gasteiger partial charge in [0.2, 0.25) is 0 Å². The van der Waals surface area contributed by atoms with Crippen molar-refractivity contribution in [1.82, 2.24) is 9.97 Å². The van der Waals surface area contributed by atoms with Crippen LogP contribution >= 0.6 is 22.7 Å². The maximum atomic E-state index is 4.86. The molecule has 2 aromatic heterocycles. The summed E-state index contributed by atoms with van der Waals surface area (Å²) in [5.41, 5.74) is 3.78. The Kier molecular flexibility index (Phi) is 5.86. The van der Waals surface area contributed by atoms with Gasteiger partial charge < -0.3 is 0 Å². The second-order valence-electron chi connectivity index (χ2n) is 6.25. The van der Waals surface area contributed by atoms with Crippen molar-refractivity contribution in [3.63, 3.8) is 0 Å². The van der Waals surface area contributed by atoms with Crippen LogP contribution in [0.25, 0.3) is 22.5 Å². The molecular weight excluding hydrogens is 539 g/mol. The number of rotatable bonds is 4. The molecule has 0 unspecified atom stereocenters. The van der Waals surface area contributed by atoms with Crippen LogP contribution in [0.2, 0.25) is 0 Å². The van der Waals surface area contributed by atoms with Crippen molar-refractivity contribution in [2.45, 2.75) is 19.3 Å². The molecule has 0 amide bonds. The first-order valence-corrected chi connectivity index (χ1v) is 9.77. The molecule has 0 aliphatic rings. The van der Waals surface area contributed by atoms with Gasteiger partial charge in [-0.15, -0.1) is 94.5 Å². The topological polar surface area (TPSA) is 25.8 Å². The van der Waals surface area contributed by atoms with Gasteiger partial charge in [0.15, 0.2) is 0 Å². The Morgan fingerprint density at radius 1 is 0.769 bits per heavy atom. The molecule has 0 N–H and O–H groups in total. The third-order valence-electron chi connectivity index (χ3n) is 4.05. The van der Waals surface area contributed by atoms with E-state index in [0.29, 0.717) is 0 Å². The molecule has 4 rings (SSSR count). The van der Waals surface area contributed by atoms with Crippen molar-refractivity contribution in [3.8, 4) is 22.5 Å². The summed E-state index contributed by atoms with van der Waals surface area (Å²) >= 11 is 3.36. The van der Waals surface area contributed by atoms with E-state index in [2.05, 4.69) is 36.7 Å². The van der Waals surface area contributed by atoms with Gasteiger partial charge in [-0.1, -0.05) is 0 Å². The van der Waals surface area contributed by atoms with E-state index in [9.17, 15) is 0 Å². The molecule has 0 aliphatic carbocycles. The predicted molar refractivity (Wildman–Crippen MR) is 105 cm³/mol. The molecule has 0 bridgehead atoms. The van der Waals surface area contributed by atoms with Gasteiger partial charge in [-0.2, -0.15) is 0 Å². The molecule has 0 saturated carbocycles. The monoisotopic (exact) mass is 555 g/mol. The first-order valence-electron chi connectivity index (χ1n) is 8.01. The van der Waals surface area contributed by atoms with Gasteiger partial charge >= 0.3 is 21.1 Å². The number of hydrogen-bond acceptors (Lipinski definition) is 4. The van der Waals surface area contributed by atoms with Crippen LogP contribution in [0.5, 0.6) is 0 Å². The SMILES string of the molecule is CC(C)(c1nc(-c2[c-]cccc2)cs1)c1nc(-c2[c-]cccc2)cs1.[Pt+2]. The average molecular weight is 556 g/mol. The Morgan fingerprint density at radius 3 is 1.62 bits per heavy atom. The van der Waals surface area contributed by atoms with Gasteiger partial charge in [-0.25, -0.2) is 0 Å². The largest absolute Gasteiger partial charge is 2.00 e. The van der Waals surface area contributed by atoms with Crippen LogP contribution in [0.4, 0.5) is 0 Å². The molecule has 26 heavy (non-hydrogen) atoms. The zero-order valence-corrected chi connectivity index (χ0v) is 18.2. The van der Waals surface area contributed by atoms with Crippen LogP contribution < -0.4 is 0 Å². The third-order valence-corrected chi connectivity index (χ3v) is 6.38. The number of nitrogens with zero attached hydrogens (tertiary/aromatic N) is 2. The maximum absolute atomic E-state index is 4.86. The summed E-state index contributed by atoms with van der Waals surface area (Å²) in [5, 5.41) is 6.33. The van der Waals surface area contributed by atoms with Gasteiger partial charge in [0, 0.05) is 0 Å². The van der Waals surface area contributed by atoms with Gasteiger partial charge in [-0.05, 0) is 36.0 Å². The Labute approximate surface area is 176 Å². The minimum absolute atomic E-state index is 0. The van der Waals surface area contributed by atoms with Crippen molar-refractivity contribution < 1.29 is 21.1 Å².